The van der Waals surface area contributed by atoms with Crippen molar-refractivity contribution < 1.29 is 4.79 Å². The van der Waals surface area contributed by atoms with Gasteiger partial charge in [0.2, 0.25) is 5.91 Å². The summed E-state index contributed by atoms with van der Waals surface area (Å²) < 4.78 is 4.16. The van der Waals surface area contributed by atoms with Gasteiger partial charge in [-0.15, -0.1) is 0 Å². The molecule has 0 aliphatic heterocycles. The van der Waals surface area contributed by atoms with Crippen molar-refractivity contribution in [2.24, 2.45) is 5.92 Å². The van der Waals surface area contributed by atoms with E-state index in [-0.39, 0.29) is 11.8 Å². The maximum absolute atomic E-state index is 12.0. The highest BCUT2D eigenvalue weighted by Crippen LogP contribution is 2.34. The van der Waals surface area contributed by atoms with Crippen LogP contribution in [0.3, 0.4) is 0 Å². The molecule has 0 radical (unpaired) electrons. The van der Waals surface area contributed by atoms with E-state index >= 15 is 0 Å². The fourth-order valence-corrected chi connectivity index (χ4v) is 3.08. The van der Waals surface area contributed by atoms with E-state index in [1.807, 2.05) is 30.9 Å². The van der Waals surface area contributed by atoms with Gasteiger partial charge in [0, 0.05) is 58.8 Å². The van der Waals surface area contributed by atoms with Crippen molar-refractivity contribution >= 4 is 39.8 Å². The summed E-state index contributed by atoms with van der Waals surface area (Å²) in [6, 6.07) is 1.91. The van der Waals surface area contributed by atoms with Crippen molar-refractivity contribution in [1.29, 1.82) is 0 Å². The topological polar surface area (TPSA) is 79.8 Å². The van der Waals surface area contributed by atoms with Gasteiger partial charge in [-0.25, -0.2) is 14.3 Å². The first-order valence-electron chi connectivity index (χ1n) is 7.43. The molecule has 116 valence electrons. The number of carbonyl (C=O) groups excluding carboxylic acids is 1. The first-order valence-corrected chi connectivity index (χ1v) is 8.27. The molecular formula is C16H15N5OS. The van der Waals surface area contributed by atoms with E-state index in [0.29, 0.717) is 5.82 Å². The average molecular weight is 325 g/mol. The van der Waals surface area contributed by atoms with E-state index in [1.54, 1.807) is 6.20 Å². The van der Waals surface area contributed by atoms with Crippen LogP contribution in [0, 0.1) is 5.92 Å². The molecule has 23 heavy (non-hydrogen) atoms. The first-order chi connectivity index (χ1) is 11.3. The summed E-state index contributed by atoms with van der Waals surface area (Å²) in [7, 11) is 1.83. The van der Waals surface area contributed by atoms with Crippen molar-refractivity contribution in [3.63, 3.8) is 0 Å². The molecule has 7 heteroatoms. The van der Waals surface area contributed by atoms with Gasteiger partial charge >= 0.3 is 0 Å². The van der Waals surface area contributed by atoms with E-state index in [0.717, 1.165) is 40.6 Å². The number of nitrogens with zero attached hydrogens (tertiary/aromatic N) is 3. The number of pyridine rings is 2. The minimum atomic E-state index is 0.0542. The van der Waals surface area contributed by atoms with Crippen molar-refractivity contribution in [2.75, 3.05) is 17.7 Å². The average Bonchev–Trinajstić information content (AvgIpc) is 3.29. The van der Waals surface area contributed by atoms with Crippen LogP contribution in [0.5, 0.6) is 0 Å². The molecule has 0 unspecified atom stereocenters. The second kappa shape index (κ2) is 5.58. The Bertz CT molecular complexity index is 874. The molecule has 0 atom stereocenters. The highest BCUT2D eigenvalue weighted by atomic mass is 32.1. The van der Waals surface area contributed by atoms with Crippen LogP contribution in [-0.2, 0) is 4.79 Å². The second-order valence-electron chi connectivity index (χ2n) is 5.56. The summed E-state index contributed by atoms with van der Waals surface area (Å²) >= 11 is 1.40. The number of hydrogen-bond donors (Lipinski definition) is 2. The third-order valence-electron chi connectivity index (χ3n) is 3.95. The summed E-state index contributed by atoms with van der Waals surface area (Å²) in [6.45, 7) is 0. The Labute approximate surface area is 137 Å². The third kappa shape index (κ3) is 2.63. The normalized spacial score (nSPS) is 14.0. The molecule has 3 aromatic heterocycles. The van der Waals surface area contributed by atoms with Gasteiger partial charge in [0.15, 0.2) is 0 Å². The highest BCUT2D eigenvalue weighted by molar-refractivity contribution is 7.03. The molecule has 3 heterocycles. The number of carbonyl (C=O) groups is 1. The largest absolute Gasteiger partial charge is 0.373 e. The lowest BCUT2D eigenvalue weighted by Crippen LogP contribution is -2.14. The molecule has 4 rings (SSSR count). The number of nitrogens with one attached hydrogen (secondary N) is 2. The zero-order chi connectivity index (χ0) is 15.8. The molecule has 6 nitrogen and oxygen atoms in total. The molecule has 0 spiro atoms. The van der Waals surface area contributed by atoms with Gasteiger partial charge < -0.3 is 10.6 Å². The maximum atomic E-state index is 12.0. The third-order valence-corrected chi connectivity index (χ3v) is 4.54. The van der Waals surface area contributed by atoms with Gasteiger partial charge in [-0.05, 0) is 30.4 Å². The molecular weight excluding hydrogens is 310 g/mol. The number of aromatic nitrogens is 3. The van der Waals surface area contributed by atoms with E-state index in [2.05, 4.69) is 25.0 Å². The molecule has 1 saturated carbocycles. The fourth-order valence-electron chi connectivity index (χ4n) is 2.54. The second-order valence-corrected chi connectivity index (χ2v) is 6.22. The molecule has 1 fully saturated rings. The molecule has 0 saturated heterocycles. The fraction of sp³-hybridized carbons (Fsp3) is 0.250. The van der Waals surface area contributed by atoms with Gasteiger partial charge in [-0.3, -0.25) is 4.79 Å². The number of hydrogen-bond acceptors (Lipinski definition) is 6. The zero-order valence-electron chi connectivity index (χ0n) is 12.5. The van der Waals surface area contributed by atoms with Crippen LogP contribution < -0.4 is 10.6 Å². The van der Waals surface area contributed by atoms with Crippen LogP contribution >= 0.6 is 11.5 Å². The number of anilines is 2. The molecule has 0 bridgehead atoms. The first kappa shape index (κ1) is 14.1. The standard InChI is InChI=1S/C16H15N5OS/c1-17-15-13-7-18-14(21-16(22)9-2-3-9)4-11(13)12(6-19-15)10-5-20-23-8-10/h4-9H,2-3H2,1H3,(H,17,19)(H,18,21,22). The van der Waals surface area contributed by atoms with Crippen LogP contribution in [0.4, 0.5) is 11.6 Å². The van der Waals surface area contributed by atoms with Crippen molar-refractivity contribution in [1.82, 2.24) is 14.3 Å². The number of fused-ring (bicyclic) bond motifs is 1. The zero-order valence-corrected chi connectivity index (χ0v) is 13.4. The molecule has 2 N–H and O–H groups in total. The van der Waals surface area contributed by atoms with Crippen LogP contribution in [0.1, 0.15) is 12.8 Å². The Kier molecular flexibility index (Phi) is 3.42. The summed E-state index contributed by atoms with van der Waals surface area (Å²) in [5.74, 6) is 1.54. The Morgan fingerprint density at radius 3 is 2.78 bits per heavy atom. The van der Waals surface area contributed by atoms with E-state index in [9.17, 15) is 4.79 Å². The van der Waals surface area contributed by atoms with E-state index in [1.165, 1.54) is 11.5 Å². The van der Waals surface area contributed by atoms with E-state index < -0.39 is 0 Å². The molecule has 1 aliphatic carbocycles. The molecule has 0 aromatic carbocycles. The summed E-state index contributed by atoms with van der Waals surface area (Å²) in [6.07, 6.45) is 7.34. The predicted octanol–water partition coefficient (Wildman–Crippen LogP) is 3.14. The lowest BCUT2D eigenvalue weighted by atomic mass is 10.0. The molecule has 1 aliphatic rings. The van der Waals surface area contributed by atoms with Gasteiger partial charge in [-0.1, -0.05) is 0 Å². The lowest BCUT2D eigenvalue weighted by molar-refractivity contribution is -0.117. The summed E-state index contributed by atoms with van der Waals surface area (Å²) in [5.41, 5.74) is 2.00. The summed E-state index contributed by atoms with van der Waals surface area (Å²) in [4.78, 5) is 20.8. The maximum Gasteiger partial charge on any atom is 0.228 e. The highest BCUT2D eigenvalue weighted by Gasteiger charge is 2.29. The Morgan fingerprint density at radius 2 is 2.09 bits per heavy atom. The van der Waals surface area contributed by atoms with Gasteiger partial charge in [0.05, 0.1) is 0 Å². The van der Waals surface area contributed by atoms with Crippen LogP contribution in [-0.4, -0.2) is 27.3 Å². The van der Waals surface area contributed by atoms with E-state index in [4.69, 9.17) is 0 Å². The van der Waals surface area contributed by atoms with Crippen LogP contribution in [0.15, 0.2) is 30.0 Å². The predicted molar refractivity (Wildman–Crippen MR) is 91.5 cm³/mol. The van der Waals surface area contributed by atoms with Crippen molar-refractivity contribution in [3.8, 4) is 11.1 Å². The monoisotopic (exact) mass is 325 g/mol. The molecule has 1 amide bonds. The van der Waals surface area contributed by atoms with Crippen LogP contribution in [0.25, 0.3) is 21.9 Å². The minimum Gasteiger partial charge on any atom is -0.373 e. The number of amides is 1. The minimum absolute atomic E-state index is 0.0542. The summed E-state index contributed by atoms with van der Waals surface area (Å²) in [5, 5.41) is 9.87. The van der Waals surface area contributed by atoms with Crippen molar-refractivity contribution in [2.45, 2.75) is 12.8 Å². The van der Waals surface area contributed by atoms with Gasteiger partial charge in [0.1, 0.15) is 11.6 Å². The van der Waals surface area contributed by atoms with Gasteiger partial charge in [0.25, 0.3) is 0 Å². The van der Waals surface area contributed by atoms with Crippen molar-refractivity contribution in [3.05, 3.63) is 30.0 Å². The smallest absolute Gasteiger partial charge is 0.228 e. The lowest BCUT2D eigenvalue weighted by Gasteiger charge is -2.11. The SMILES string of the molecule is CNc1ncc(-c2cnsc2)c2cc(NC(=O)C3CC3)ncc12. The van der Waals surface area contributed by atoms with Gasteiger partial charge in [-0.2, -0.15) is 0 Å². The Balaban J connectivity index is 1.83. The Morgan fingerprint density at radius 1 is 1.22 bits per heavy atom. The number of rotatable bonds is 4. The Hall–Kier alpha value is -2.54. The quantitative estimate of drug-likeness (QED) is 0.770. The van der Waals surface area contributed by atoms with Crippen LogP contribution in [0.2, 0.25) is 0 Å². The molecule has 3 aromatic rings.